The van der Waals surface area contributed by atoms with Crippen molar-refractivity contribution in [2.75, 3.05) is 19.7 Å². The summed E-state index contributed by atoms with van der Waals surface area (Å²) in [6.45, 7) is 9.91. The van der Waals surface area contributed by atoms with Crippen molar-refractivity contribution < 1.29 is 9.53 Å². The van der Waals surface area contributed by atoms with Crippen molar-refractivity contribution in [3.05, 3.63) is 11.6 Å². The molecule has 0 amide bonds. The molecular formula is C13H25NO2. The minimum Gasteiger partial charge on any atom is -0.377 e. The maximum Gasteiger partial charge on any atom is 0.169 e. The number of ketones is 1. The maximum absolute atomic E-state index is 11.3. The van der Waals surface area contributed by atoms with Gasteiger partial charge in [-0.15, -0.1) is 0 Å². The minimum absolute atomic E-state index is 0.127. The largest absolute Gasteiger partial charge is 0.377 e. The van der Waals surface area contributed by atoms with Gasteiger partial charge in [0.25, 0.3) is 0 Å². The highest BCUT2D eigenvalue weighted by Gasteiger charge is 2.02. The van der Waals surface area contributed by atoms with Crippen LogP contribution in [0.25, 0.3) is 0 Å². The molecule has 0 saturated carbocycles. The van der Waals surface area contributed by atoms with E-state index in [9.17, 15) is 4.79 Å². The molecule has 0 bridgehead atoms. The Hall–Kier alpha value is -0.670. The lowest BCUT2D eigenvalue weighted by Gasteiger charge is -2.13. The van der Waals surface area contributed by atoms with Gasteiger partial charge in [0.2, 0.25) is 0 Å². The highest BCUT2D eigenvalue weighted by atomic mass is 16.5. The standard InChI is InChI=1S/C13H25NO2/c1-5-13(6-2)16-8-7-14-10-12(15)9-11(3)4/h9,13-14H,5-8,10H2,1-4H3. The fraction of sp³-hybridized carbons (Fsp3) is 0.769. The van der Waals surface area contributed by atoms with Crippen molar-refractivity contribution in [3.63, 3.8) is 0 Å². The van der Waals surface area contributed by atoms with Crippen LogP contribution in [0.4, 0.5) is 0 Å². The molecule has 0 fully saturated rings. The Morgan fingerprint density at radius 3 is 2.44 bits per heavy atom. The van der Waals surface area contributed by atoms with Crippen molar-refractivity contribution in [2.45, 2.75) is 46.6 Å². The Bertz CT molecular complexity index is 216. The molecule has 0 aliphatic heterocycles. The van der Waals surface area contributed by atoms with Gasteiger partial charge in [-0.05, 0) is 32.8 Å². The highest BCUT2D eigenvalue weighted by molar-refractivity contribution is 5.91. The van der Waals surface area contributed by atoms with Crippen LogP contribution in [-0.2, 0) is 9.53 Å². The van der Waals surface area contributed by atoms with Gasteiger partial charge in [0, 0.05) is 6.54 Å². The van der Waals surface area contributed by atoms with E-state index < -0.39 is 0 Å². The van der Waals surface area contributed by atoms with Crippen LogP contribution in [0.1, 0.15) is 40.5 Å². The zero-order chi connectivity index (χ0) is 12.4. The topological polar surface area (TPSA) is 38.3 Å². The zero-order valence-corrected chi connectivity index (χ0v) is 11.0. The predicted octanol–water partition coefficient (Wildman–Crippen LogP) is 2.32. The highest BCUT2D eigenvalue weighted by Crippen LogP contribution is 2.01. The fourth-order valence-corrected chi connectivity index (χ4v) is 1.41. The Labute approximate surface area is 99.3 Å². The molecule has 0 unspecified atom stereocenters. The van der Waals surface area contributed by atoms with Gasteiger partial charge in [-0.2, -0.15) is 0 Å². The average molecular weight is 227 g/mol. The first-order valence-electron chi connectivity index (χ1n) is 6.10. The number of carbonyl (C=O) groups is 1. The third-order valence-corrected chi connectivity index (χ3v) is 2.29. The summed E-state index contributed by atoms with van der Waals surface area (Å²) < 4.78 is 5.61. The van der Waals surface area contributed by atoms with Crippen molar-refractivity contribution in [3.8, 4) is 0 Å². The molecule has 3 heteroatoms. The third kappa shape index (κ3) is 8.62. The van der Waals surface area contributed by atoms with E-state index in [-0.39, 0.29) is 5.78 Å². The predicted molar refractivity (Wildman–Crippen MR) is 67.6 cm³/mol. The molecule has 0 heterocycles. The van der Waals surface area contributed by atoms with Crippen molar-refractivity contribution in [2.24, 2.45) is 0 Å². The summed E-state index contributed by atoms with van der Waals surface area (Å²) in [6, 6.07) is 0. The van der Waals surface area contributed by atoms with E-state index in [1.807, 2.05) is 13.8 Å². The molecule has 0 aromatic rings. The number of allylic oxidation sites excluding steroid dienone is 1. The first-order chi connectivity index (χ1) is 7.60. The summed E-state index contributed by atoms with van der Waals surface area (Å²) in [4.78, 5) is 11.3. The third-order valence-electron chi connectivity index (χ3n) is 2.29. The van der Waals surface area contributed by atoms with Crippen molar-refractivity contribution in [1.29, 1.82) is 0 Å². The average Bonchev–Trinajstić information content (AvgIpc) is 2.22. The molecule has 0 saturated heterocycles. The van der Waals surface area contributed by atoms with Gasteiger partial charge in [-0.1, -0.05) is 19.4 Å². The first kappa shape index (κ1) is 15.3. The van der Waals surface area contributed by atoms with Gasteiger partial charge < -0.3 is 10.1 Å². The summed E-state index contributed by atoms with van der Waals surface area (Å²) in [6.07, 6.45) is 4.12. The molecule has 0 spiro atoms. The van der Waals surface area contributed by atoms with Crippen LogP contribution in [0.5, 0.6) is 0 Å². The van der Waals surface area contributed by atoms with E-state index in [0.717, 1.165) is 25.0 Å². The quantitative estimate of drug-likeness (QED) is 0.485. The Kier molecular flexibility index (Phi) is 9.15. The minimum atomic E-state index is 0.127. The number of ether oxygens (including phenoxy) is 1. The lowest BCUT2D eigenvalue weighted by atomic mass is 10.2. The molecule has 0 rings (SSSR count). The van der Waals surface area contributed by atoms with Crippen LogP contribution < -0.4 is 5.32 Å². The summed E-state index contributed by atoms with van der Waals surface area (Å²) in [5, 5.41) is 3.07. The molecule has 0 aliphatic rings. The number of rotatable bonds is 9. The summed E-state index contributed by atoms with van der Waals surface area (Å²) in [5.74, 6) is 0.127. The lowest BCUT2D eigenvalue weighted by Crippen LogP contribution is -2.27. The Morgan fingerprint density at radius 1 is 1.31 bits per heavy atom. The Morgan fingerprint density at radius 2 is 1.94 bits per heavy atom. The molecule has 0 aromatic carbocycles. The molecule has 94 valence electrons. The molecule has 0 aromatic heterocycles. The van der Waals surface area contributed by atoms with Gasteiger partial charge in [0.1, 0.15) is 0 Å². The first-order valence-corrected chi connectivity index (χ1v) is 6.10. The number of carbonyl (C=O) groups excluding carboxylic acids is 1. The SMILES string of the molecule is CCC(CC)OCCNCC(=O)C=C(C)C. The number of hydrogen-bond acceptors (Lipinski definition) is 3. The second kappa shape index (κ2) is 9.55. The van der Waals surface area contributed by atoms with Crippen LogP contribution in [0.3, 0.4) is 0 Å². The van der Waals surface area contributed by atoms with Gasteiger partial charge >= 0.3 is 0 Å². The van der Waals surface area contributed by atoms with Gasteiger partial charge in [-0.3, -0.25) is 4.79 Å². The molecule has 0 radical (unpaired) electrons. The summed E-state index contributed by atoms with van der Waals surface area (Å²) in [5.41, 5.74) is 1.04. The van der Waals surface area contributed by atoms with Gasteiger partial charge in [-0.25, -0.2) is 0 Å². The summed E-state index contributed by atoms with van der Waals surface area (Å²) in [7, 11) is 0. The lowest BCUT2D eigenvalue weighted by molar-refractivity contribution is -0.113. The van der Waals surface area contributed by atoms with Gasteiger partial charge in [0.05, 0.1) is 19.3 Å². The normalized spacial score (nSPS) is 10.6. The summed E-state index contributed by atoms with van der Waals surface area (Å²) >= 11 is 0. The smallest absolute Gasteiger partial charge is 0.169 e. The molecular weight excluding hydrogens is 202 g/mol. The molecule has 0 aliphatic carbocycles. The van der Waals surface area contributed by atoms with Crippen LogP contribution >= 0.6 is 0 Å². The molecule has 1 N–H and O–H groups in total. The van der Waals surface area contributed by atoms with Crippen LogP contribution in [0.15, 0.2) is 11.6 Å². The second-order valence-corrected chi connectivity index (χ2v) is 4.17. The Balaban J connectivity index is 3.47. The zero-order valence-electron chi connectivity index (χ0n) is 11.0. The number of hydrogen-bond donors (Lipinski definition) is 1. The maximum atomic E-state index is 11.3. The van der Waals surface area contributed by atoms with E-state index in [4.69, 9.17) is 4.74 Å². The van der Waals surface area contributed by atoms with E-state index in [1.54, 1.807) is 6.08 Å². The van der Waals surface area contributed by atoms with Gasteiger partial charge in [0.15, 0.2) is 5.78 Å². The molecule has 16 heavy (non-hydrogen) atoms. The molecule has 3 nitrogen and oxygen atoms in total. The van der Waals surface area contributed by atoms with Crippen molar-refractivity contribution >= 4 is 5.78 Å². The van der Waals surface area contributed by atoms with Crippen LogP contribution in [0.2, 0.25) is 0 Å². The van der Waals surface area contributed by atoms with Crippen LogP contribution in [-0.4, -0.2) is 31.6 Å². The van der Waals surface area contributed by atoms with Crippen molar-refractivity contribution in [1.82, 2.24) is 5.32 Å². The van der Waals surface area contributed by atoms with E-state index in [1.165, 1.54) is 0 Å². The second-order valence-electron chi connectivity index (χ2n) is 4.17. The van der Waals surface area contributed by atoms with E-state index in [2.05, 4.69) is 19.2 Å². The van der Waals surface area contributed by atoms with E-state index in [0.29, 0.717) is 19.3 Å². The number of nitrogens with one attached hydrogen (secondary N) is 1. The van der Waals surface area contributed by atoms with E-state index >= 15 is 0 Å². The monoisotopic (exact) mass is 227 g/mol. The van der Waals surface area contributed by atoms with Crippen LogP contribution in [0, 0.1) is 0 Å². The molecule has 0 atom stereocenters. The fourth-order valence-electron chi connectivity index (χ4n) is 1.41.